The normalized spacial score (nSPS) is 11.2. The van der Waals surface area contributed by atoms with E-state index in [1.807, 2.05) is 7.05 Å². The molecule has 4 nitrogen and oxygen atoms in total. The third-order valence-corrected chi connectivity index (χ3v) is 3.09. The van der Waals surface area contributed by atoms with E-state index in [0.29, 0.717) is 29.4 Å². The molecule has 19 heavy (non-hydrogen) atoms. The summed E-state index contributed by atoms with van der Waals surface area (Å²) in [6.45, 7) is 2.01. The Hall–Kier alpha value is -1.43. The molecular weight excluding hydrogens is 267 g/mol. The van der Waals surface area contributed by atoms with Crippen LogP contribution in [-0.4, -0.2) is 35.2 Å². The Morgan fingerprint density at radius 1 is 1.47 bits per heavy atom. The van der Waals surface area contributed by atoms with Crippen LogP contribution in [0.2, 0.25) is 5.02 Å². The van der Waals surface area contributed by atoms with Gasteiger partial charge < -0.3 is 10.6 Å². The topological polar surface area (TPSA) is 57.9 Å². The molecule has 0 aliphatic carbocycles. The van der Waals surface area contributed by atoms with Crippen molar-refractivity contribution in [1.82, 2.24) is 15.1 Å². The van der Waals surface area contributed by atoms with Crippen molar-refractivity contribution in [2.45, 2.75) is 6.54 Å². The standard InChI is InChI=1S/C13H16ClFN4/c1-19(5-4-16)8-9-7-17-18-13(9)11-3-2-10(14)6-12(11)15/h2-3,6-7H,4-5,8,16H2,1H3,(H,17,18). The van der Waals surface area contributed by atoms with E-state index in [9.17, 15) is 4.39 Å². The molecular formula is C13H16ClFN4. The van der Waals surface area contributed by atoms with Gasteiger partial charge in [-0.2, -0.15) is 5.10 Å². The molecule has 0 fully saturated rings. The van der Waals surface area contributed by atoms with Crippen molar-refractivity contribution in [2.24, 2.45) is 5.73 Å². The summed E-state index contributed by atoms with van der Waals surface area (Å²) in [5.74, 6) is -0.373. The Balaban J connectivity index is 2.28. The predicted molar refractivity (Wildman–Crippen MR) is 74.4 cm³/mol. The minimum atomic E-state index is -0.373. The molecule has 0 bridgehead atoms. The van der Waals surface area contributed by atoms with Crippen LogP contribution >= 0.6 is 11.6 Å². The number of nitrogens with two attached hydrogens (primary N) is 1. The number of benzene rings is 1. The molecule has 2 rings (SSSR count). The van der Waals surface area contributed by atoms with E-state index >= 15 is 0 Å². The lowest BCUT2D eigenvalue weighted by Gasteiger charge is -2.15. The zero-order valence-electron chi connectivity index (χ0n) is 10.7. The first kappa shape index (κ1) is 14.0. The van der Waals surface area contributed by atoms with Crippen molar-refractivity contribution < 1.29 is 4.39 Å². The third-order valence-electron chi connectivity index (χ3n) is 2.86. The van der Waals surface area contributed by atoms with Gasteiger partial charge in [0.05, 0.1) is 5.69 Å². The number of nitrogens with one attached hydrogen (secondary N) is 1. The molecule has 1 aromatic heterocycles. The van der Waals surface area contributed by atoms with E-state index in [0.717, 1.165) is 12.1 Å². The average molecular weight is 283 g/mol. The molecule has 0 aliphatic heterocycles. The zero-order chi connectivity index (χ0) is 13.8. The van der Waals surface area contributed by atoms with E-state index in [1.165, 1.54) is 6.07 Å². The van der Waals surface area contributed by atoms with Gasteiger partial charge in [0.25, 0.3) is 0 Å². The maximum Gasteiger partial charge on any atom is 0.134 e. The highest BCUT2D eigenvalue weighted by molar-refractivity contribution is 6.30. The van der Waals surface area contributed by atoms with Crippen molar-refractivity contribution in [3.8, 4) is 11.3 Å². The van der Waals surface area contributed by atoms with Crippen LogP contribution in [0.1, 0.15) is 5.56 Å². The van der Waals surface area contributed by atoms with Crippen molar-refractivity contribution in [2.75, 3.05) is 20.1 Å². The molecule has 0 amide bonds. The van der Waals surface area contributed by atoms with Crippen LogP contribution in [0, 0.1) is 5.82 Å². The first-order valence-electron chi connectivity index (χ1n) is 5.98. The number of aromatic amines is 1. The Labute approximate surface area is 116 Å². The van der Waals surface area contributed by atoms with Crippen molar-refractivity contribution in [3.05, 3.63) is 40.8 Å². The van der Waals surface area contributed by atoms with Gasteiger partial charge in [-0.1, -0.05) is 11.6 Å². The SMILES string of the molecule is CN(CCN)Cc1c[nH]nc1-c1ccc(Cl)cc1F. The van der Waals surface area contributed by atoms with Crippen LogP contribution in [0.25, 0.3) is 11.3 Å². The lowest BCUT2D eigenvalue weighted by Crippen LogP contribution is -2.25. The first-order valence-corrected chi connectivity index (χ1v) is 6.36. The average Bonchev–Trinajstić information content (AvgIpc) is 2.77. The maximum absolute atomic E-state index is 13.9. The largest absolute Gasteiger partial charge is 0.329 e. The molecule has 0 saturated heterocycles. The Bertz CT molecular complexity index is 555. The van der Waals surface area contributed by atoms with Crippen LogP contribution in [0.15, 0.2) is 24.4 Å². The molecule has 0 saturated carbocycles. The predicted octanol–water partition coefficient (Wildman–Crippen LogP) is 2.26. The molecule has 0 unspecified atom stereocenters. The minimum Gasteiger partial charge on any atom is -0.329 e. The summed E-state index contributed by atoms with van der Waals surface area (Å²) in [7, 11) is 1.96. The lowest BCUT2D eigenvalue weighted by atomic mass is 10.1. The van der Waals surface area contributed by atoms with Gasteiger partial charge >= 0.3 is 0 Å². The summed E-state index contributed by atoms with van der Waals surface area (Å²) in [4.78, 5) is 2.06. The van der Waals surface area contributed by atoms with Gasteiger partial charge in [0, 0.05) is 42.0 Å². The van der Waals surface area contributed by atoms with Crippen LogP contribution in [0.3, 0.4) is 0 Å². The molecule has 0 aliphatic rings. The highest BCUT2D eigenvalue weighted by Crippen LogP contribution is 2.26. The second-order valence-electron chi connectivity index (χ2n) is 4.41. The quantitative estimate of drug-likeness (QED) is 0.884. The van der Waals surface area contributed by atoms with Crippen LogP contribution in [0.4, 0.5) is 4.39 Å². The van der Waals surface area contributed by atoms with Gasteiger partial charge in [-0.15, -0.1) is 0 Å². The van der Waals surface area contributed by atoms with Gasteiger partial charge in [0.1, 0.15) is 5.82 Å². The molecule has 102 valence electrons. The van der Waals surface area contributed by atoms with Gasteiger partial charge in [0.2, 0.25) is 0 Å². The van der Waals surface area contributed by atoms with E-state index in [2.05, 4.69) is 15.1 Å². The number of hydrogen-bond acceptors (Lipinski definition) is 3. The number of nitrogens with zero attached hydrogens (tertiary/aromatic N) is 2. The molecule has 0 radical (unpaired) electrons. The summed E-state index contributed by atoms with van der Waals surface area (Å²) in [6, 6.07) is 4.58. The molecule has 1 aromatic carbocycles. The summed E-state index contributed by atoms with van der Waals surface area (Å²) >= 11 is 5.75. The fraction of sp³-hybridized carbons (Fsp3) is 0.308. The van der Waals surface area contributed by atoms with Crippen LogP contribution in [-0.2, 0) is 6.54 Å². The summed E-state index contributed by atoms with van der Waals surface area (Å²) in [5, 5.41) is 7.28. The minimum absolute atomic E-state index is 0.373. The molecule has 1 heterocycles. The lowest BCUT2D eigenvalue weighted by molar-refractivity contribution is 0.337. The van der Waals surface area contributed by atoms with Crippen molar-refractivity contribution >= 4 is 11.6 Å². The second-order valence-corrected chi connectivity index (χ2v) is 4.85. The Morgan fingerprint density at radius 3 is 2.95 bits per heavy atom. The molecule has 0 spiro atoms. The molecule has 3 N–H and O–H groups in total. The summed E-state index contributed by atoms with van der Waals surface area (Å²) < 4.78 is 13.9. The highest BCUT2D eigenvalue weighted by Gasteiger charge is 2.14. The fourth-order valence-electron chi connectivity index (χ4n) is 1.94. The van der Waals surface area contributed by atoms with E-state index in [1.54, 1.807) is 18.3 Å². The number of hydrogen-bond donors (Lipinski definition) is 2. The number of rotatable bonds is 5. The maximum atomic E-state index is 13.9. The van der Waals surface area contributed by atoms with Gasteiger partial charge in [-0.25, -0.2) is 4.39 Å². The van der Waals surface area contributed by atoms with E-state index in [-0.39, 0.29) is 5.82 Å². The van der Waals surface area contributed by atoms with Gasteiger partial charge in [0.15, 0.2) is 0 Å². The van der Waals surface area contributed by atoms with Crippen molar-refractivity contribution in [1.29, 1.82) is 0 Å². The van der Waals surface area contributed by atoms with Crippen LogP contribution in [0.5, 0.6) is 0 Å². The van der Waals surface area contributed by atoms with Gasteiger partial charge in [-0.05, 0) is 25.2 Å². The van der Waals surface area contributed by atoms with Crippen molar-refractivity contribution in [3.63, 3.8) is 0 Å². The summed E-state index contributed by atoms with van der Waals surface area (Å²) in [6.07, 6.45) is 1.77. The number of halogens is 2. The third kappa shape index (κ3) is 3.32. The Morgan fingerprint density at radius 2 is 2.26 bits per heavy atom. The number of aromatic nitrogens is 2. The Kier molecular flexibility index (Phi) is 4.52. The molecule has 0 atom stereocenters. The summed E-state index contributed by atoms with van der Waals surface area (Å²) in [5.41, 5.74) is 7.49. The first-order chi connectivity index (χ1) is 9.11. The van der Waals surface area contributed by atoms with E-state index < -0.39 is 0 Å². The molecule has 6 heteroatoms. The van der Waals surface area contributed by atoms with Crippen LogP contribution < -0.4 is 5.73 Å². The smallest absolute Gasteiger partial charge is 0.134 e. The molecule has 2 aromatic rings. The fourth-order valence-corrected chi connectivity index (χ4v) is 2.10. The number of likely N-dealkylation sites (N-methyl/N-ethyl adjacent to an activating group) is 1. The second kappa shape index (κ2) is 6.14. The van der Waals surface area contributed by atoms with E-state index in [4.69, 9.17) is 17.3 Å². The highest BCUT2D eigenvalue weighted by atomic mass is 35.5. The monoisotopic (exact) mass is 282 g/mol. The van der Waals surface area contributed by atoms with Gasteiger partial charge in [-0.3, -0.25) is 5.10 Å². The number of H-pyrrole nitrogens is 1. The zero-order valence-corrected chi connectivity index (χ0v) is 11.4.